The summed E-state index contributed by atoms with van der Waals surface area (Å²) in [5.74, 6) is 2.01. The van der Waals surface area contributed by atoms with Crippen molar-refractivity contribution in [1.29, 1.82) is 0 Å². The molecule has 4 heteroatoms. The first-order chi connectivity index (χ1) is 6.72. The van der Waals surface area contributed by atoms with E-state index in [0.717, 1.165) is 11.2 Å². The maximum atomic E-state index is 4.14. The normalized spacial score (nSPS) is 13.1. The Kier molecular flexibility index (Phi) is 5.63. The molecule has 0 radical (unpaired) electrons. The van der Waals surface area contributed by atoms with Crippen LogP contribution in [0.4, 0.5) is 0 Å². The largest absolute Gasteiger partial charge is 0.275 e. The Hall–Kier alpha value is 0.0400. The molecule has 0 aromatic carbocycles. The third kappa shape index (κ3) is 4.51. The molecule has 1 rings (SSSR count). The third-order valence-electron chi connectivity index (χ3n) is 2.16. The standard InChI is InChI=1S/C10H17BrN2S/c1-9(3-5-11)4-6-14-10-7-12-13(2)8-10/h7-9H,3-6H2,1-2H3. The maximum Gasteiger partial charge on any atom is 0.0625 e. The number of aromatic nitrogens is 2. The van der Waals surface area contributed by atoms with Gasteiger partial charge in [0.25, 0.3) is 0 Å². The highest BCUT2D eigenvalue weighted by Gasteiger charge is 2.02. The monoisotopic (exact) mass is 276 g/mol. The molecule has 2 nitrogen and oxygen atoms in total. The molecule has 1 heterocycles. The predicted molar refractivity (Wildman–Crippen MR) is 66.1 cm³/mol. The van der Waals surface area contributed by atoms with Crippen molar-refractivity contribution < 1.29 is 0 Å². The molecule has 0 bridgehead atoms. The van der Waals surface area contributed by atoms with Crippen molar-refractivity contribution in [3.05, 3.63) is 12.4 Å². The van der Waals surface area contributed by atoms with Gasteiger partial charge in [-0.1, -0.05) is 22.9 Å². The van der Waals surface area contributed by atoms with E-state index in [-0.39, 0.29) is 0 Å². The molecule has 0 saturated heterocycles. The van der Waals surface area contributed by atoms with E-state index in [2.05, 4.69) is 34.1 Å². The zero-order chi connectivity index (χ0) is 10.4. The number of halogens is 1. The van der Waals surface area contributed by atoms with Gasteiger partial charge in [-0.2, -0.15) is 5.10 Å². The topological polar surface area (TPSA) is 17.8 Å². The van der Waals surface area contributed by atoms with Crippen molar-refractivity contribution >= 4 is 27.7 Å². The quantitative estimate of drug-likeness (QED) is 0.586. The first-order valence-electron chi connectivity index (χ1n) is 4.89. The van der Waals surface area contributed by atoms with Crippen LogP contribution in [-0.2, 0) is 7.05 Å². The van der Waals surface area contributed by atoms with Gasteiger partial charge in [0.05, 0.1) is 6.20 Å². The molecule has 1 aromatic heterocycles. The zero-order valence-corrected chi connectivity index (χ0v) is 11.1. The fraction of sp³-hybridized carbons (Fsp3) is 0.700. The van der Waals surface area contributed by atoms with Gasteiger partial charge in [-0.3, -0.25) is 4.68 Å². The summed E-state index contributed by atoms with van der Waals surface area (Å²) in [6, 6.07) is 0. The number of nitrogens with zero attached hydrogens (tertiary/aromatic N) is 2. The number of hydrogen-bond acceptors (Lipinski definition) is 2. The Bertz CT molecular complexity index is 262. The van der Waals surface area contributed by atoms with E-state index < -0.39 is 0 Å². The van der Waals surface area contributed by atoms with Crippen molar-refractivity contribution in [2.45, 2.75) is 24.7 Å². The van der Waals surface area contributed by atoms with E-state index in [1.807, 2.05) is 29.7 Å². The van der Waals surface area contributed by atoms with Gasteiger partial charge in [0.1, 0.15) is 0 Å². The van der Waals surface area contributed by atoms with Crippen LogP contribution in [-0.4, -0.2) is 20.9 Å². The molecular weight excluding hydrogens is 260 g/mol. The average molecular weight is 277 g/mol. The van der Waals surface area contributed by atoms with Gasteiger partial charge in [0.2, 0.25) is 0 Å². The van der Waals surface area contributed by atoms with E-state index >= 15 is 0 Å². The highest BCUT2D eigenvalue weighted by atomic mass is 79.9. The molecule has 0 spiro atoms. The van der Waals surface area contributed by atoms with E-state index in [9.17, 15) is 0 Å². The summed E-state index contributed by atoms with van der Waals surface area (Å²) in [6.45, 7) is 2.31. The fourth-order valence-corrected chi connectivity index (χ4v) is 3.07. The SMILES string of the molecule is CC(CCBr)CCSc1cnn(C)c1. The van der Waals surface area contributed by atoms with Crippen LogP contribution in [0, 0.1) is 5.92 Å². The summed E-state index contributed by atoms with van der Waals surface area (Å²) >= 11 is 5.37. The summed E-state index contributed by atoms with van der Waals surface area (Å²) in [4.78, 5) is 1.28. The summed E-state index contributed by atoms with van der Waals surface area (Å²) in [5.41, 5.74) is 0. The van der Waals surface area contributed by atoms with Crippen molar-refractivity contribution in [3.63, 3.8) is 0 Å². The number of hydrogen-bond donors (Lipinski definition) is 0. The van der Waals surface area contributed by atoms with Gasteiger partial charge < -0.3 is 0 Å². The molecular formula is C10H17BrN2S. The van der Waals surface area contributed by atoms with Crippen LogP contribution in [0.15, 0.2) is 17.3 Å². The first kappa shape index (κ1) is 12.1. The Morgan fingerprint density at radius 3 is 2.93 bits per heavy atom. The first-order valence-corrected chi connectivity index (χ1v) is 7.00. The minimum atomic E-state index is 0.818. The Balaban J connectivity index is 2.15. The lowest BCUT2D eigenvalue weighted by atomic mass is 10.1. The molecule has 0 N–H and O–H groups in total. The number of thioether (sulfide) groups is 1. The highest BCUT2D eigenvalue weighted by Crippen LogP contribution is 2.20. The molecule has 0 saturated carbocycles. The molecule has 80 valence electrons. The molecule has 1 aromatic rings. The summed E-state index contributed by atoms with van der Waals surface area (Å²) in [7, 11) is 1.96. The van der Waals surface area contributed by atoms with Crippen LogP contribution < -0.4 is 0 Å². The average Bonchev–Trinajstić information content (AvgIpc) is 2.52. The second kappa shape index (κ2) is 6.51. The number of alkyl halides is 1. The van der Waals surface area contributed by atoms with Gasteiger partial charge in [-0.05, 0) is 24.5 Å². The van der Waals surface area contributed by atoms with Crippen LogP contribution in [0.5, 0.6) is 0 Å². The third-order valence-corrected chi connectivity index (χ3v) is 3.60. The van der Waals surface area contributed by atoms with E-state index in [0.29, 0.717) is 0 Å². The number of rotatable bonds is 6. The van der Waals surface area contributed by atoms with Crippen LogP contribution >= 0.6 is 27.7 Å². The molecule has 0 aliphatic carbocycles. The van der Waals surface area contributed by atoms with Crippen molar-refractivity contribution in [2.75, 3.05) is 11.1 Å². The van der Waals surface area contributed by atoms with Gasteiger partial charge in [-0.15, -0.1) is 11.8 Å². The van der Waals surface area contributed by atoms with Crippen molar-refractivity contribution in [3.8, 4) is 0 Å². The fourth-order valence-electron chi connectivity index (χ4n) is 1.18. The van der Waals surface area contributed by atoms with Crippen LogP contribution in [0.1, 0.15) is 19.8 Å². The lowest BCUT2D eigenvalue weighted by molar-refractivity contribution is 0.555. The predicted octanol–water partition coefficient (Wildman–Crippen LogP) is 3.32. The van der Waals surface area contributed by atoms with Crippen molar-refractivity contribution in [1.82, 2.24) is 9.78 Å². The molecule has 1 unspecified atom stereocenters. The molecule has 1 atom stereocenters. The number of aryl methyl sites for hydroxylation is 1. The second-order valence-electron chi connectivity index (χ2n) is 3.57. The molecule has 0 aliphatic rings. The van der Waals surface area contributed by atoms with Crippen molar-refractivity contribution in [2.24, 2.45) is 13.0 Å². The summed E-state index contributed by atoms with van der Waals surface area (Å²) in [6.07, 6.45) is 6.55. The highest BCUT2D eigenvalue weighted by molar-refractivity contribution is 9.09. The molecule has 14 heavy (non-hydrogen) atoms. The molecule has 0 aliphatic heterocycles. The van der Waals surface area contributed by atoms with Gasteiger partial charge >= 0.3 is 0 Å². The lowest BCUT2D eigenvalue weighted by Crippen LogP contribution is -1.96. The Labute approximate surface area is 98.6 Å². The van der Waals surface area contributed by atoms with E-state index in [1.54, 1.807) is 0 Å². The lowest BCUT2D eigenvalue weighted by Gasteiger charge is -2.07. The van der Waals surface area contributed by atoms with E-state index in [1.165, 1.54) is 23.5 Å². The van der Waals surface area contributed by atoms with E-state index in [4.69, 9.17) is 0 Å². The zero-order valence-electron chi connectivity index (χ0n) is 8.74. The smallest absolute Gasteiger partial charge is 0.0625 e. The minimum absolute atomic E-state index is 0.818. The van der Waals surface area contributed by atoms with Crippen LogP contribution in [0.25, 0.3) is 0 Å². The Morgan fingerprint density at radius 1 is 1.57 bits per heavy atom. The second-order valence-corrected chi connectivity index (χ2v) is 5.53. The Morgan fingerprint density at radius 2 is 2.36 bits per heavy atom. The van der Waals surface area contributed by atoms with Gasteiger partial charge in [0, 0.05) is 23.5 Å². The summed E-state index contributed by atoms with van der Waals surface area (Å²) in [5, 5.41) is 5.26. The van der Waals surface area contributed by atoms with Gasteiger partial charge in [0.15, 0.2) is 0 Å². The minimum Gasteiger partial charge on any atom is -0.275 e. The van der Waals surface area contributed by atoms with Crippen LogP contribution in [0.3, 0.4) is 0 Å². The molecule has 0 fully saturated rings. The van der Waals surface area contributed by atoms with Gasteiger partial charge in [-0.25, -0.2) is 0 Å². The summed E-state index contributed by atoms with van der Waals surface area (Å²) < 4.78 is 1.85. The molecule has 0 amide bonds. The maximum absolute atomic E-state index is 4.14. The van der Waals surface area contributed by atoms with Crippen LogP contribution in [0.2, 0.25) is 0 Å².